The molecule has 1 saturated heterocycles. The number of methoxy groups -OCH3 is 1. The van der Waals surface area contributed by atoms with Crippen LogP contribution in [-0.2, 0) is 0 Å². The summed E-state index contributed by atoms with van der Waals surface area (Å²) in [5.41, 5.74) is 1.03. The Labute approximate surface area is 123 Å². The Balaban J connectivity index is 1.67. The molecule has 0 radical (unpaired) electrons. The average molecular weight is 291 g/mol. The SMILES string of the molecule is COc1ccc2nc(NC(C)CN3CCCC3)sc2c1. The van der Waals surface area contributed by atoms with E-state index in [1.165, 1.54) is 30.6 Å². The van der Waals surface area contributed by atoms with Crippen molar-refractivity contribution in [3.63, 3.8) is 0 Å². The minimum atomic E-state index is 0.426. The highest BCUT2D eigenvalue weighted by molar-refractivity contribution is 7.22. The number of ether oxygens (including phenoxy) is 1. The molecule has 1 aromatic heterocycles. The molecule has 1 unspecified atom stereocenters. The molecule has 20 heavy (non-hydrogen) atoms. The van der Waals surface area contributed by atoms with Crippen LogP contribution in [0.15, 0.2) is 18.2 Å². The van der Waals surface area contributed by atoms with E-state index >= 15 is 0 Å². The van der Waals surface area contributed by atoms with Crippen LogP contribution < -0.4 is 10.1 Å². The van der Waals surface area contributed by atoms with Crippen LogP contribution >= 0.6 is 11.3 Å². The lowest BCUT2D eigenvalue weighted by Gasteiger charge is -2.20. The number of likely N-dealkylation sites (tertiary alicyclic amines) is 1. The zero-order chi connectivity index (χ0) is 13.9. The maximum absolute atomic E-state index is 5.25. The Morgan fingerprint density at radius 2 is 2.20 bits per heavy atom. The van der Waals surface area contributed by atoms with Gasteiger partial charge in [-0.25, -0.2) is 4.98 Å². The topological polar surface area (TPSA) is 37.4 Å². The highest BCUT2D eigenvalue weighted by Crippen LogP contribution is 2.29. The maximum Gasteiger partial charge on any atom is 0.184 e. The smallest absolute Gasteiger partial charge is 0.184 e. The third-order valence-corrected chi connectivity index (χ3v) is 4.65. The summed E-state index contributed by atoms with van der Waals surface area (Å²) in [7, 11) is 1.69. The molecule has 1 N–H and O–H groups in total. The minimum absolute atomic E-state index is 0.426. The van der Waals surface area contributed by atoms with Crippen molar-refractivity contribution < 1.29 is 4.74 Å². The monoisotopic (exact) mass is 291 g/mol. The van der Waals surface area contributed by atoms with Crippen molar-refractivity contribution >= 4 is 26.7 Å². The van der Waals surface area contributed by atoms with Gasteiger partial charge in [0.2, 0.25) is 0 Å². The number of hydrogen-bond donors (Lipinski definition) is 1. The molecule has 2 aromatic rings. The summed E-state index contributed by atoms with van der Waals surface area (Å²) in [6.45, 7) is 5.80. The molecule has 1 aliphatic rings. The van der Waals surface area contributed by atoms with Gasteiger partial charge in [-0.15, -0.1) is 0 Å². The summed E-state index contributed by atoms with van der Waals surface area (Å²) in [5, 5.41) is 4.52. The second-order valence-corrected chi connectivity index (χ2v) is 6.44. The third-order valence-electron chi connectivity index (χ3n) is 3.70. The summed E-state index contributed by atoms with van der Waals surface area (Å²) < 4.78 is 6.42. The molecule has 0 bridgehead atoms. The number of hydrogen-bond acceptors (Lipinski definition) is 5. The lowest BCUT2D eigenvalue weighted by Crippen LogP contribution is -2.32. The van der Waals surface area contributed by atoms with Gasteiger partial charge in [-0.3, -0.25) is 0 Å². The molecule has 0 spiro atoms. The van der Waals surface area contributed by atoms with Crippen molar-refractivity contribution in [2.24, 2.45) is 0 Å². The van der Waals surface area contributed by atoms with Gasteiger partial charge < -0.3 is 15.0 Å². The third kappa shape index (κ3) is 3.04. The van der Waals surface area contributed by atoms with Gasteiger partial charge in [-0.2, -0.15) is 0 Å². The molecule has 1 fully saturated rings. The summed E-state index contributed by atoms with van der Waals surface area (Å²) in [6.07, 6.45) is 2.68. The average Bonchev–Trinajstić information content (AvgIpc) is 3.06. The van der Waals surface area contributed by atoms with E-state index in [1.807, 2.05) is 18.2 Å². The number of rotatable bonds is 5. The second kappa shape index (κ2) is 5.97. The Bertz CT molecular complexity index is 578. The molecule has 108 valence electrons. The fraction of sp³-hybridized carbons (Fsp3) is 0.533. The van der Waals surface area contributed by atoms with E-state index in [4.69, 9.17) is 4.74 Å². The number of fused-ring (bicyclic) bond motifs is 1. The number of nitrogens with zero attached hydrogens (tertiary/aromatic N) is 2. The Morgan fingerprint density at radius 3 is 2.95 bits per heavy atom. The molecule has 1 atom stereocenters. The van der Waals surface area contributed by atoms with Crippen molar-refractivity contribution in [2.45, 2.75) is 25.8 Å². The van der Waals surface area contributed by atoms with Crippen LogP contribution in [0, 0.1) is 0 Å². The first-order valence-corrected chi connectivity index (χ1v) is 8.00. The number of thiazole rings is 1. The highest BCUT2D eigenvalue weighted by Gasteiger charge is 2.15. The first kappa shape index (κ1) is 13.6. The molecule has 4 nitrogen and oxygen atoms in total. The zero-order valence-corrected chi connectivity index (χ0v) is 12.9. The normalized spacial score (nSPS) is 17.5. The molecule has 0 amide bonds. The van der Waals surface area contributed by atoms with Crippen LogP contribution in [0.5, 0.6) is 5.75 Å². The first-order chi connectivity index (χ1) is 9.74. The van der Waals surface area contributed by atoms with Crippen LogP contribution in [0.3, 0.4) is 0 Å². The second-order valence-electron chi connectivity index (χ2n) is 5.41. The van der Waals surface area contributed by atoms with E-state index in [2.05, 4.69) is 22.1 Å². The molecule has 3 rings (SSSR count). The molecule has 2 heterocycles. The fourth-order valence-corrected chi connectivity index (χ4v) is 3.71. The largest absolute Gasteiger partial charge is 0.497 e. The van der Waals surface area contributed by atoms with Gasteiger partial charge in [-0.1, -0.05) is 11.3 Å². The zero-order valence-electron chi connectivity index (χ0n) is 12.1. The molecule has 0 aliphatic carbocycles. The molecule has 1 aliphatic heterocycles. The van der Waals surface area contributed by atoms with Crippen LogP contribution in [0.1, 0.15) is 19.8 Å². The van der Waals surface area contributed by atoms with Gasteiger partial charge in [0.05, 0.1) is 17.3 Å². The van der Waals surface area contributed by atoms with E-state index in [-0.39, 0.29) is 0 Å². The van der Waals surface area contributed by atoms with Gasteiger partial charge in [-0.05, 0) is 51.1 Å². The van der Waals surface area contributed by atoms with Gasteiger partial charge in [0.25, 0.3) is 0 Å². The van der Waals surface area contributed by atoms with Gasteiger partial charge in [0.1, 0.15) is 5.75 Å². The molecular weight excluding hydrogens is 270 g/mol. The quantitative estimate of drug-likeness (QED) is 0.918. The van der Waals surface area contributed by atoms with E-state index < -0.39 is 0 Å². The van der Waals surface area contributed by atoms with E-state index in [1.54, 1.807) is 18.4 Å². The fourth-order valence-electron chi connectivity index (χ4n) is 2.70. The van der Waals surface area contributed by atoms with Crippen LogP contribution in [0.4, 0.5) is 5.13 Å². The minimum Gasteiger partial charge on any atom is -0.497 e. The number of aromatic nitrogens is 1. The van der Waals surface area contributed by atoms with Crippen LogP contribution in [0.25, 0.3) is 10.2 Å². The van der Waals surface area contributed by atoms with Gasteiger partial charge >= 0.3 is 0 Å². The summed E-state index contributed by atoms with van der Waals surface area (Å²) in [6, 6.07) is 6.44. The van der Waals surface area contributed by atoms with Gasteiger partial charge in [0, 0.05) is 12.6 Å². The van der Waals surface area contributed by atoms with Crippen molar-refractivity contribution in [1.29, 1.82) is 0 Å². The Morgan fingerprint density at radius 1 is 1.40 bits per heavy atom. The van der Waals surface area contributed by atoms with Gasteiger partial charge in [0.15, 0.2) is 5.13 Å². The molecule has 0 saturated carbocycles. The maximum atomic E-state index is 5.25. The molecule has 1 aromatic carbocycles. The number of anilines is 1. The Hall–Kier alpha value is -1.33. The highest BCUT2D eigenvalue weighted by atomic mass is 32.1. The number of benzene rings is 1. The van der Waals surface area contributed by atoms with E-state index in [0.29, 0.717) is 6.04 Å². The molecular formula is C15H21N3OS. The summed E-state index contributed by atoms with van der Waals surface area (Å²) in [4.78, 5) is 7.16. The van der Waals surface area contributed by atoms with Crippen molar-refractivity contribution in [3.8, 4) is 5.75 Å². The van der Waals surface area contributed by atoms with Crippen molar-refractivity contribution in [2.75, 3.05) is 32.1 Å². The Kier molecular flexibility index (Phi) is 4.08. The van der Waals surface area contributed by atoms with Crippen molar-refractivity contribution in [1.82, 2.24) is 9.88 Å². The van der Waals surface area contributed by atoms with E-state index in [9.17, 15) is 0 Å². The number of nitrogens with one attached hydrogen (secondary N) is 1. The predicted molar refractivity (Wildman–Crippen MR) is 84.9 cm³/mol. The lowest BCUT2D eigenvalue weighted by molar-refractivity contribution is 0.328. The first-order valence-electron chi connectivity index (χ1n) is 7.18. The molecule has 5 heteroatoms. The van der Waals surface area contributed by atoms with Crippen molar-refractivity contribution in [3.05, 3.63) is 18.2 Å². The predicted octanol–water partition coefficient (Wildman–Crippen LogP) is 3.20. The van der Waals surface area contributed by atoms with E-state index in [0.717, 1.165) is 22.9 Å². The standard InChI is InChI=1S/C15H21N3OS/c1-11(10-18-7-3-4-8-18)16-15-17-13-6-5-12(19-2)9-14(13)20-15/h5-6,9,11H,3-4,7-8,10H2,1-2H3,(H,16,17). The van der Waals surface area contributed by atoms with Crippen LogP contribution in [-0.4, -0.2) is 42.7 Å². The lowest BCUT2D eigenvalue weighted by atomic mass is 10.3. The summed E-state index contributed by atoms with van der Waals surface area (Å²) >= 11 is 1.69. The summed E-state index contributed by atoms with van der Waals surface area (Å²) in [5.74, 6) is 0.887. The van der Waals surface area contributed by atoms with Crippen LogP contribution in [0.2, 0.25) is 0 Å².